The molecule has 1 aliphatic rings. The number of carbonyl (C=O) groups excluding carboxylic acids is 1. The Balaban J connectivity index is 1.75. The Morgan fingerprint density at radius 2 is 2.00 bits per heavy atom. The summed E-state index contributed by atoms with van der Waals surface area (Å²) in [4.78, 5) is 20.5. The van der Waals surface area contributed by atoms with Crippen LogP contribution in [0.2, 0.25) is 5.02 Å². The van der Waals surface area contributed by atoms with Crippen LogP contribution in [0.5, 0.6) is 0 Å². The molecule has 0 aliphatic heterocycles. The minimum Gasteiger partial charge on any atom is -0.344 e. The lowest BCUT2D eigenvalue weighted by atomic mass is 9.87. The molecule has 1 amide bonds. The molecule has 1 saturated carbocycles. The number of rotatable bonds is 9. The molecule has 4 nitrogen and oxygen atoms in total. The number of hydrogen-bond acceptors (Lipinski definition) is 5. The highest BCUT2D eigenvalue weighted by molar-refractivity contribution is 7.97. The van der Waals surface area contributed by atoms with Crippen LogP contribution in [0.3, 0.4) is 0 Å². The van der Waals surface area contributed by atoms with E-state index in [0.717, 1.165) is 39.8 Å². The van der Waals surface area contributed by atoms with Gasteiger partial charge in [0.2, 0.25) is 0 Å². The van der Waals surface area contributed by atoms with Crippen LogP contribution in [-0.2, 0) is 6.54 Å². The van der Waals surface area contributed by atoms with Crippen molar-refractivity contribution in [2.75, 3.05) is 17.2 Å². The summed E-state index contributed by atoms with van der Waals surface area (Å²) in [6.45, 7) is 5.74. The summed E-state index contributed by atoms with van der Waals surface area (Å²) in [5.41, 5.74) is 1.75. The summed E-state index contributed by atoms with van der Waals surface area (Å²) in [5, 5.41) is 1.68. The molecular formula is C22H30ClN3OS2. The second-order valence-electron chi connectivity index (χ2n) is 7.61. The summed E-state index contributed by atoms with van der Waals surface area (Å²) < 4.78 is 2.87. The molecule has 29 heavy (non-hydrogen) atoms. The lowest BCUT2D eigenvalue weighted by Crippen LogP contribution is -2.26. The van der Waals surface area contributed by atoms with Gasteiger partial charge in [0.15, 0.2) is 5.13 Å². The lowest BCUT2D eigenvalue weighted by molar-refractivity contribution is 0.0980. The van der Waals surface area contributed by atoms with Crippen molar-refractivity contribution in [1.29, 1.82) is 0 Å². The lowest BCUT2D eigenvalue weighted by Gasteiger charge is -2.27. The Bertz CT molecular complexity index is 788. The largest absolute Gasteiger partial charge is 0.344 e. The Hall–Kier alpha value is -1.24. The maximum Gasteiger partial charge on any atom is 0.280 e. The highest BCUT2D eigenvalue weighted by Gasteiger charge is 2.21. The number of thiazole rings is 1. The number of halogens is 1. The van der Waals surface area contributed by atoms with Crippen molar-refractivity contribution in [1.82, 2.24) is 9.71 Å². The van der Waals surface area contributed by atoms with Crippen LogP contribution >= 0.6 is 34.9 Å². The van der Waals surface area contributed by atoms with Gasteiger partial charge in [0.1, 0.15) is 5.69 Å². The van der Waals surface area contributed by atoms with Gasteiger partial charge in [0.25, 0.3) is 5.91 Å². The third-order valence-electron chi connectivity index (χ3n) is 5.40. The topological polar surface area (TPSA) is 45.2 Å². The van der Waals surface area contributed by atoms with E-state index in [1.807, 2.05) is 26.0 Å². The second kappa shape index (κ2) is 11.2. The SMILES string of the molecule is CCSNC(=O)c1nc(N(CCC2CCCCC2)Cc2ccc(Cl)cc2)sc1C. The van der Waals surface area contributed by atoms with Crippen LogP contribution in [0.4, 0.5) is 5.13 Å². The first-order valence-corrected chi connectivity index (χ1v) is 12.6. The summed E-state index contributed by atoms with van der Waals surface area (Å²) in [7, 11) is 0. The molecule has 0 bridgehead atoms. The zero-order chi connectivity index (χ0) is 20.6. The van der Waals surface area contributed by atoms with E-state index < -0.39 is 0 Å². The van der Waals surface area contributed by atoms with Crippen molar-refractivity contribution in [2.24, 2.45) is 5.92 Å². The van der Waals surface area contributed by atoms with E-state index >= 15 is 0 Å². The molecule has 1 aromatic carbocycles. The molecule has 158 valence electrons. The van der Waals surface area contributed by atoms with Crippen molar-refractivity contribution in [2.45, 2.75) is 58.9 Å². The number of aromatic nitrogens is 1. The number of aryl methyl sites for hydroxylation is 1. The first kappa shape index (κ1) is 22.4. The van der Waals surface area contributed by atoms with E-state index in [-0.39, 0.29) is 5.91 Å². The van der Waals surface area contributed by atoms with Gasteiger partial charge in [0.05, 0.1) is 0 Å². The fourth-order valence-electron chi connectivity index (χ4n) is 3.78. The first-order chi connectivity index (χ1) is 14.1. The molecule has 3 rings (SSSR count). The standard InChI is InChI=1S/C22H30ClN3OS2/c1-3-28-25-21(27)20-16(2)29-22(24-20)26(14-13-17-7-5-4-6-8-17)15-18-9-11-19(23)12-10-18/h9-12,17H,3-8,13-15H2,1-2H3,(H,25,27). The third-order valence-corrected chi connectivity index (χ3v) is 7.30. The number of nitrogens with zero attached hydrogens (tertiary/aromatic N) is 2. The highest BCUT2D eigenvalue weighted by Crippen LogP contribution is 2.31. The van der Waals surface area contributed by atoms with Crippen LogP contribution in [0.25, 0.3) is 0 Å². The summed E-state index contributed by atoms with van der Waals surface area (Å²) in [6.07, 6.45) is 7.96. The minimum absolute atomic E-state index is 0.101. The molecule has 0 radical (unpaired) electrons. The smallest absolute Gasteiger partial charge is 0.280 e. The average molecular weight is 452 g/mol. The Morgan fingerprint density at radius 3 is 2.69 bits per heavy atom. The van der Waals surface area contributed by atoms with Crippen molar-refractivity contribution in [3.05, 3.63) is 45.4 Å². The Labute approximate surface area is 187 Å². The zero-order valence-electron chi connectivity index (χ0n) is 17.2. The van der Waals surface area contributed by atoms with Crippen LogP contribution in [0.15, 0.2) is 24.3 Å². The molecule has 1 fully saturated rings. The third kappa shape index (κ3) is 6.63. The fourth-order valence-corrected chi connectivity index (χ4v) is 5.21. The monoisotopic (exact) mass is 451 g/mol. The first-order valence-electron chi connectivity index (χ1n) is 10.5. The molecule has 1 aliphatic carbocycles. The van der Waals surface area contributed by atoms with Gasteiger partial charge in [-0.05, 0) is 37.0 Å². The quantitative estimate of drug-likeness (QED) is 0.443. The molecule has 1 aromatic heterocycles. The van der Waals surface area contributed by atoms with Crippen molar-refractivity contribution in [3.63, 3.8) is 0 Å². The Morgan fingerprint density at radius 1 is 1.28 bits per heavy atom. The number of anilines is 1. The van der Waals surface area contributed by atoms with Gasteiger partial charge in [-0.1, -0.05) is 74.7 Å². The van der Waals surface area contributed by atoms with Crippen LogP contribution in [0.1, 0.15) is 66.4 Å². The van der Waals surface area contributed by atoms with Crippen LogP contribution < -0.4 is 9.62 Å². The van der Waals surface area contributed by atoms with Gasteiger partial charge in [-0.25, -0.2) is 4.98 Å². The molecule has 2 aromatic rings. The van der Waals surface area contributed by atoms with Gasteiger partial charge in [-0.2, -0.15) is 0 Å². The number of hydrogen-bond donors (Lipinski definition) is 1. The normalized spacial score (nSPS) is 14.7. The van der Waals surface area contributed by atoms with E-state index in [4.69, 9.17) is 16.6 Å². The van der Waals surface area contributed by atoms with Crippen LogP contribution in [0, 0.1) is 12.8 Å². The number of nitrogens with one attached hydrogen (secondary N) is 1. The number of amides is 1. The van der Waals surface area contributed by atoms with Crippen molar-refractivity contribution in [3.8, 4) is 0 Å². The van der Waals surface area contributed by atoms with Gasteiger partial charge in [-0.3, -0.25) is 9.52 Å². The van der Waals surface area contributed by atoms with E-state index in [2.05, 4.69) is 21.8 Å². The molecule has 0 spiro atoms. The van der Waals surface area contributed by atoms with E-state index in [9.17, 15) is 4.79 Å². The summed E-state index contributed by atoms with van der Waals surface area (Å²) >= 11 is 9.08. The number of benzene rings is 1. The molecule has 0 unspecified atom stereocenters. The average Bonchev–Trinajstić information content (AvgIpc) is 3.13. The zero-order valence-corrected chi connectivity index (χ0v) is 19.6. The van der Waals surface area contributed by atoms with Crippen molar-refractivity contribution >= 4 is 45.9 Å². The van der Waals surface area contributed by atoms with Gasteiger partial charge < -0.3 is 4.90 Å². The van der Waals surface area contributed by atoms with Crippen molar-refractivity contribution < 1.29 is 4.79 Å². The fraction of sp³-hybridized carbons (Fsp3) is 0.545. The Kier molecular flexibility index (Phi) is 8.69. The summed E-state index contributed by atoms with van der Waals surface area (Å²) in [5.74, 6) is 1.54. The molecule has 7 heteroatoms. The van der Waals surface area contributed by atoms with E-state index in [1.165, 1.54) is 56.0 Å². The predicted octanol–water partition coefficient (Wildman–Crippen LogP) is 6.48. The molecule has 1 heterocycles. The number of carbonyl (C=O) groups is 1. The molecule has 0 saturated heterocycles. The van der Waals surface area contributed by atoms with E-state index in [1.54, 1.807) is 11.3 Å². The molecule has 1 N–H and O–H groups in total. The molecule has 0 atom stereocenters. The summed E-state index contributed by atoms with van der Waals surface area (Å²) in [6, 6.07) is 8.01. The predicted molar refractivity (Wildman–Crippen MR) is 126 cm³/mol. The van der Waals surface area contributed by atoms with Gasteiger partial charge in [-0.15, -0.1) is 11.3 Å². The van der Waals surface area contributed by atoms with Gasteiger partial charge in [0, 0.05) is 28.7 Å². The maximum absolute atomic E-state index is 12.4. The van der Waals surface area contributed by atoms with Gasteiger partial charge >= 0.3 is 0 Å². The van der Waals surface area contributed by atoms with E-state index in [0.29, 0.717) is 5.69 Å². The maximum atomic E-state index is 12.4. The minimum atomic E-state index is -0.101. The molecular weight excluding hydrogens is 422 g/mol. The highest BCUT2D eigenvalue weighted by atomic mass is 35.5. The second-order valence-corrected chi connectivity index (χ2v) is 10.3. The van der Waals surface area contributed by atoms with Crippen LogP contribution in [-0.4, -0.2) is 23.2 Å².